The predicted molar refractivity (Wildman–Crippen MR) is 52.5 cm³/mol. The maximum Gasteiger partial charge on any atom is 0.309 e. The van der Waals surface area contributed by atoms with Crippen molar-refractivity contribution >= 4 is 5.97 Å². The van der Waals surface area contributed by atoms with Crippen LogP contribution in [0.3, 0.4) is 0 Å². The lowest BCUT2D eigenvalue weighted by Gasteiger charge is -2.10. The number of rotatable bonds is 8. The van der Waals surface area contributed by atoms with Crippen molar-refractivity contribution in [1.29, 1.82) is 0 Å². The number of carboxylic acid groups (broad SMARTS) is 1. The second-order valence-electron chi connectivity index (χ2n) is 2.98. The molecule has 0 aliphatic rings. The third kappa shape index (κ3) is 9.29. The van der Waals surface area contributed by atoms with E-state index in [-0.39, 0.29) is 18.8 Å². The highest BCUT2D eigenvalue weighted by Crippen LogP contribution is 1.93. The van der Waals surface area contributed by atoms with Gasteiger partial charge in [0.15, 0.2) is 0 Å². The molecule has 0 aromatic heterocycles. The predicted octanol–water partition coefficient (Wildman–Crippen LogP) is -2.45. The van der Waals surface area contributed by atoms with Gasteiger partial charge in [0.2, 0.25) is 0 Å². The van der Waals surface area contributed by atoms with Crippen LogP contribution in [0.5, 0.6) is 0 Å². The van der Waals surface area contributed by atoms with Gasteiger partial charge in [-0.05, 0) is 0 Å². The molecule has 0 rings (SSSR count). The summed E-state index contributed by atoms with van der Waals surface area (Å²) in [4.78, 5) is 10.2. The number of halogens is 1. The summed E-state index contributed by atoms with van der Waals surface area (Å²) in [5.41, 5.74) is 0. The van der Waals surface area contributed by atoms with Crippen molar-refractivity contribution in [3.63, 3.8) is 0 Å². The van der Waals surface area contributed by atoms with E-state index in [1.165, 1.54) is 0 Å². The largest absolute Gasteiger partial charge is 1.00 e. The lowest BCUT2D eigenvalue weighted by molar-refractivity contribution is -0.687. The van der Waals surface area contributed by atoms with Crippen LogP contribution >= 0.6 is 0 Å². The molecule has 3 nitrogen and oxygen atoms in total. The molecule has 4 heteroatoms. The number of carboxylic acids is 1. The number of hydrogen-bond acceptors (Lipinski definition) is 1. The van der Waals surface area contributed by atoms with Crippen molar-refractivity contribution in [2.24, 2.45) is 0 Å². The lowest BCUT2D eigenvalue weighted by Crippen LogP contribution is -3.00. The molecule has 0 aliphatic heterocycles. The third-order valence-electron chi connectivity index (χ3n) is 1.80. The van der Waals surface area contributed by atoms with Crippen LogP contribution in [0, 0.1) is 0 Å². The quantitative estimate of drug-likeness (QED) is 0.446. The Morgan fingerprint density at radius 2 is 1.86 bits per heavy atom. The summed E-state index contributed by atoms with van der Waals surface area (Å²) in [6.07, 6.45) is 5.71. The maximum absolute atomic E-state index is 10.2. The summed E-state index contributed by atoms with van der Waals surface area (Å²) in [6, 6.07) is 0.398. The summed E-state index contributed by atoms with van der Waals surface area (Å²) in [6.45, 7) is 7.94. The number of quaternary nitrogens is 1. The topological polar surface area (TPSA) is 53.9 Å². The fourth-order valence-electron chi connectivity index (χ4n) is 1.16. The molecule has 0 saturated carbocycles. The minimum Gasteiger partial charge on any atom is -1.00 e. The van der Waals surface area contributed by atoms with Gasteiger partial charge in [-0.1, -0.05) is 12.2 Å². The van der Waals surface area contributed by atoms with Gasteiger partial charge in [-0.15, -0.1) is 13.2 Å². The van der Waals surface area contributed by atoms with Crippen LogP contribution in [0.4, 0.5) is 0 Å². The number of hydrogen-bond donors (Lipinski definition) is 2. The van der Waals surface area contributed by atoms with Crippen LogP contribution in [-0.4, -0.2) is 23.7 Å². The summed E-state index contributed by atoms with van der Waals surface area (Å²) in [5.74, 6) is -0.743. The van der Waals surface area contributed by atoms with Crippen molar-refractivity contribution in [1.82, 2.24) is 0 Å². The Morgan fingerprint density at radius 3 is 2.21 bits per heavy atom. The number of aliphatic carboxylic acids is 1. The molecule has 0 atom stereocenters. The molecule has 0 aromatic rings. The molecule has 0 fully saturated rings. The molecule has 0 saturated heterocycles. The Morgan fingerprint density at radius 1 is 1.36 bits per heavy atom. The van der Waals surface area contributed by atoms with Crippen LogP contribution < -0.4 is 17.7 Å². The zero-order valence-corrected chi connectivity index (χ0v) is 9.04. The molecule has 0 unspecified atom stereocenters. The van der Waals surface area contributed by atoms with E-state index in [0.29, 0.717) is 12.6 Å². The molecule has 0 radical (unpaired) electrons. The highest BCUT2D eigenvalue weighted by molar-refractivity contribution is 5.66. The van der Waals surface area contributed by atoms with Crippen LogP contribution in [0.15, 0.2) is 25.3 Å². The molecule has 0 amide bonds. The Labute approximate surface area is 91.3 Å². The molecule has 14 heavy (non-hydrogen) atoms. The second-order valence-corrected chi connectivity index (χ2v) is 2.98. The first-order valence-corrected chi connectivity index (χ1v) is 4.47. The SMILES string of the molecule is C=CCC(CC=C)[NH2+]CCC(=O)O.[Cl-]. The van der Waals surface area contributed by atoms with Crippen LogP contribution in [0.25, 0.3) is 0 Å². The van der Waals surface area contributed by atoms with Crippen molar-refractivity contribution in [2.75, 3.05) is 6.54 Å². The lowest BCUT2D eigenvalue weighted by atomic mass is 10.1. The second kappa shape index (κ2) is 10.3. The van der Waals surface area contributed by atoms with E-state index in [1.807, 2.05) is 17.5 Å². The Bertz CT molecular complexity index is 173. The van der Waals surface area contributed by atoms with E-state index in [4.69, 9.17) is 5.11 Å². The van der Waals surface area contributed by atoms with Gasteiger partial charge in [0.25, 0.3) is 0 Å². The molecular weight excluding hydrogens is 202 g/mol. The molecule has 3 N–H and O–H groups in total. The highest BCUT2D eigenvalue weighted by atomic mass is 35.5. The van der Waals surface area contributed by atoms with E-state index >= 15 is 0 Å². The monoisotopic (exact) mass is 219 g/mol. The molecule has 0 heterocycles. The van der Waals surface area contributed by atoms with E-state index in [1.54, 1.807) is 0 Å². The van der Waals surface area contributed by atoms with Gasteiger partial charge in [-0.2, -0.15) is 0 Å². The Hall–Kier alpha value is -0.800. The van der Waals surface area contributed by atoms with Crippen molar-refractivity contribution < 1.29 is 27.6 Å². The van der Waals surface area contributed by atoms with Crippen molar-refractivity contribution in [3.05, 3.63) is 25.3 Å². The van der Waals surface area contributed by atoms with Gasteiger partial charge >= 0.3 is 5.97 Å². The van der Waals surface area contributed by atoms with E-state index < -0.39 is 5.97 Å². The van der Waals surface area contributed by atoms with Crippen LogP contribution in [0.1, 0.15) is 19.3 Å². The average Bonchev–Trinajstić information content (AvgIpc) is 2.04. The molecule has 0 bridgehead atoms. The summed E-state index contributed by atoms with van der Waals surface area (Å²) >= 11 is 0. The maximum atomic E-state index is 10.2. The van der Waals surface area contributed by atoms with Crippen LogP contribution in [-0.2, 0) is 4.79 Å². The number of carbonyl (C=O) groups is 1. The van der Waals surface area contributed by atoms with Gasteiger partial charge in [0, 0.05) is 12.8 Å². The van der Waals surface area contributed by atoms with Gasteiger partial charge < -0.3 is 22.8 Å². The van der Waals surface area contributed by atoms with Crippen molar-refractivity contribution in [2.45, 2.75) is 25.3 Å². The summed E-state index contributed by atoms with van der Waals surface area (Å²) in [5, 5.41) is 10.5. The minimum absolute atomic E-state index is 0. The zero-order valence-electron chi connectivity index (χ0n) is 8.29. The fourth-order valence-corrected chi connectivity index (χ4v) is 1.16. The normalized spacial score (nSPS) is 9.21. The molecular formula is C10H18ClNO2. The van der Waals surface area contributed by atoms with Gasteiger partial charge in [0.1, 0.15) is 0 Å². The van der Waals surface area contributed by atoms with E-state index in [9.17, 15) is 4.79 Å². The van der Waals surface area contributed by atoms with Gasteiger partial charge in [-0.25, -0.2) is 0 Å². The average molecular weight is 220 g/mol. The first kappa shape index (κ1) is 15.7. The van der Waals surface area contributed by atoms with Gasteiger partial charge in [0.05, 0.1) is 19.0 Å². The molecule has 0 aromatic carbocycles. The minimum atomic E-state index is -0.743. The van der Waals surface area contributed by atoms with E-state index in [2.05, 4.69) is 13.2 Å². The first-order valence-electron chi connectivity index (χ1n) is 4.47. The summed E-state index contributed by atoms with van der Waals surface area (Å²) in [7, 11) is 0. The fraction of sp³-hybridized carbons (Fsp3) is 0.500. The van der Waals surface area contributed by atoms with Gasteiger partial charge in [-0.3, -0.25) is 4.79 Å². The summed E-state index contributed by atoms with van der Waals surface area (Å²) < 4.78 is 0. The van der Waals surface area contributed by atoms with Crippen molar-refractivity contribution in [3.8, 4) is 0 Å². The zero-order chi connectivity index (χ0) is 10.1. The van der Waals surface area contributed by atoms with Crippen LogP contribution in [0.2, 0.25) is 0 Å². The molecule has 0 aliphatic carbocycles. The Balaban J connectivity index is 0. The van der Waals surface area contributed by atoms with E-state index in [0.717, 1.165) is 12.8 Å². The Kier molecular flexibility index (Phi) is 11.5. The third-order valence-corrected chi connectivity index (χ3v) is 1.80. The number of nitrogens with two attached hydrogens (primary N) is 1. The standard InChI is InChI=1S/C10H17NO2.ClH/c1-3-5-9(6-4-2)11-8-7-10(12)13;/h3-4,9,11H,1-2,5-8H2,(H,12,13);1H. The smallest absolute Gasteiger partial charge is 0.309 e. The molecule has 0 spiro atoms. The molecule has 82 valence electrons. The highest BCUT2D eigenvalue weighted by Gasteiger charge is 2.08. The first-order chi connectivity index (χ1) is 6.20.